The first-order valence-corrected chi connectivity index (χ1v) is 5.89. The lowest BCUT2D eigenvalue weighted by Gasteiger charge is -2.08. The maximum Gasteiger partial charge on any atom is 0.246 e. The molecule has 6 nitrogen and oxygen atoms in total. The summed E-state index contributed by atoms with van der Waals surface area (Å²) in [6.45, 7) is 0.475. The van der Waals surface area contributed by atoms with Crippen LogP contribution in [0.25, 0.3) is 11.3 Å². The Labute approximate surface area is 111 Å². The van der Waals surface area contributed by atoms with Gasteiger partial charge in [-0.2, -0.15) is 5.10 Å². The highest BCUT2D eigenvalue weighted by Crippen LogP contribution is 2.19. The van der Waals surface area contributed by atoms with Gasteiger partial charge in [0.15, 0.2) is 0 Å². The van der Waals surface area contributed by atoms with Gasteiger partial charge in [0, 0.05) is 38.7 Å². The Hall–Kier alpha value is -2.21. The molecule has 0 unspecified atom stereocenters. The normalized spacial score (nSPS) is 10.4. The molecule has 0 saturated heterocycles. The number of amides is 1. The highest BCUT2D eigenvalue weighted by atomic mass is 16.5. The number of methoxy groups -OCH3 is 1. The number of ether oxygens (including phenoxy) is 1. The molecule has 0 aromatic carbocycles. The molecule has 0 fully saturated rings. The van der Waals surface area contributed by atoms with Crippen molar-refractivity contribution >= 4 is 5.91 Å². The van der Waals surface area contributed by atoms with E-state index in [-0.39, 0.29) is 12.5 Å². The fourth-order valence-corrected chi connectivity index (χ4v) is 1.76. The number of carbonyl (C=O) groups excluding carboxylic acids is 1. The first-order valence-electron chi connectivity index (χ1n) is 5.89. The van der Waals surface area contributed by atoms with Crippen LogP contribution in [0.15, 0.2) is 30.7 Å². The summed E-state index contributed by atoms with van der Waals surface area (Å²) < 4.78 is 6.49. The van der Waals surface area contributed by atoms with Gasteiger partial charge >= 0.3 is 0 Å². The van der Waals surface area contributed by atoms with Crippen LogP contribution >= 0.6 is 0 Å². The van der Waals surface area contributed by atoms with E-state index in [0.717, 1.165) is 16.8 Å². The van der Waals surface area contributed by atoms with Crippen LogP contribution in [0.3, 0.4) is 0 Å². The summed E-state index contributed by atoms with van der Waals surface area (Å²) >= 11 is 0. The van der Waals surface area contributed by atoms with Crippen molar-refractivity contribution in [3.05, 3.63) is 36.3 Å². The van der Waals surface area contributed by atoms with E-state index in [0.29, 0.717) is 6.54 Å². The number of aromatic nitrogens is 3. The van der Waals surface area contributed by atoms with Crippen LogP contribution in [-0.4, -0.2) is 34.4 Å². The monoisotopic (exact) mass is 260 g/mol. The Balaban J connectivity index is 2.15. The Morgan fingerprint density at radius 3 is 3.05 bits per heavy atom. The minimum absolute atomic E-state index is 0.0580. The van der Waals surface area contributed by atoms with E-state index in [2.05, 4.69) is 15.4 Å². The van der Waals surface area contributed by atoms with Crippen LogP contribution in [0, 0.1) is 0 Å². The minimum Gasteiger partial charge on any atom is -0.375 e. The van der Waals surface area contributed by atoms with Crippen LogP contribution in [0.4, 0.5) is 0 Å². The van der Waals surface area contributed by atoms with E-state index in [1.807, 2.05) is 25.4 Å². The molecule has 0 bridgehead atoms. The summed E-state index contributed by atoms with van der Waals surface area (Å²) in [6.07, 6.45) is 5.37. The van der Waals surface area contributed by atoms with Crippen LogP contribution in [-0.2, 0) is 23.1 Å². The van der Waals surface area contributed by atoms with Gasteiger partial charge in [0.05, 0.1) is 11.9 Å². The molecule has 2 heterocycles. The summed E-state index contributed by atoms with van der Waals surface area (Å²) in [7, 11) is 3.34. The maximum absolute atomic E-state index is 11.4. The van der Waals surface area contributed by atoms with E-state index in [4.69, 9.17) is 4.74 Å². The molecule has 2 aromatic rings. The van der Waals surface area contributed by atoms with Crippen molar-refractivity contribution < 1.29 is 9.53 Å². The standard InChI is InChI=1S/C13H16N4O2/c1-17-8-11(7-16-17)13-10(4-3-5-14-13)6-15-12(18)9-19-2/h3-5,7-8H,6,9H2,1-2H3,(H,15,18). The quantitative estimate of drug-likeness (QED) is 0.861. The van der Waals surface area contributed by atoms with Gasteiger partial charge in [-0.25, -0.2) is 0 Å². The molecule has 0 aliphatic carbocycles. The van der Waals surface area contributed by atoms with Crippen molar-refractivity contribution in [1.82, 2.24) is 20.1 Å². The maximum atomic E-state index is 11.4. The van der Waals surface area contributed by atoms with Gasteiger partial charge in [0.1, 0.15) is 6.61 Å². The lowest BCUT2D eigenvalue weighted by atomic mass is 10.1. The zero-order valence-corrected chi connectivity index (χ0v) is 11.0. The number of hydrogen-bond acceptors (Lipinski definition) is 4. The molecule has 0 radical (unpaired) electrons. The van der Waals surface area contributed by atoms with Gasteiger partial charge in [0.25, 0.3) is 0 Å². The van der Waals surface area contributed by atoms with Gasteiger partial charge in [-0.15, -0.1) is 0 Å². The van der Waals surface area contributed by atoms with Crippen molar-refractivity contribution in [3.8, 4) is 11.3 Å². The molecular weight excluding hydrogens is 244 g/mol. The van der Waals surface area contributed by atoms with Crippen molar-refractivity contribution in [2.75, 3.05) is 13.7 Å². The van der Waals surface area contributed by atoms with E-state index in [9.17, 15) is 4.79 Å². The summed E-state index contributed by atoms with van der Waals surface area (Å²) in [5.74, 6) is -0.150. The van der Waals surface area contributed by atoms with Crippen molar-refractivity contribution in [2.24, 2.45) is 7.05 Å². The molecule has 2 rings (SSSR count). The van der Waals surface area contributed by atoms with E-state index < -0.39 is 0 Å². The molecule has 0 aliphatic rings. The zero-order valence-electron chi connectivity index (χ0n) is 11.0. The Morgan fingerprint density at radius 1 is 1.53 bits per heavy atom. The van der Waals surface area contributed by atoms with Gasteiger partial charge in [-0.3, -0.25) is 14.5 Å². The number of carbonyl (C=O) groups is 1. The third-order valence-electron chi connectivity index (χ3n) is 2.62. The smallest absolute Gasteiger partial charge is 0.246 e. The second-order valence-electron chi connectivity index (χ2n) is 4.12. The molecule has 0 aliphatic heterocycles. The highest BCUT2D eigenvalue weighted by molar-refractivity contribution is 5.77. The van der Waals surface area contributed by atoms with E-state index in [1.54, 1.807) is 17.1 Å². The number of hydrogen-bond donors (Lipinski definition) is 1. The molecular formula is C13H16N4O2. The minimum atomic E-state index is -0.150. The van der Waals surface area contributed by atoms with Gasteiger partial charge in [0.2, 0.25) is 5.91 Å². The predicted octanol–water partition coefficient (Wildman–Crippen LogP) is 0.745. The topological polar surface area (TPSA) is 69.0 Å². The molecule has 0 spiro atoms. The third-order valence-corrected chi connectivity index (χ3v) is 2.62. The second kappa shape index (κ2) is 6.10. The van der Waals surface area contributed by atoms with Crippen LogP contribution in [0.2, 0.25) is 0 Å². The number of pyridine rings is 1. The zero-order chi connectivity index (χ0) is 13.7. The van der Waals surface area contributed by atoms with Crippen LogP contribution < -0.4 is 5.32 Å². The Morgan fingerprint density at radius 2 is 2.37 bits per heavy atom. The molecule has 6 heteroatoms. The Kier molecular flexibility index (Phi) is 4.25. The number of nitrogens with zero attached hydrogens (tertiary/aromatic N) is 3. The molecule has 0 saturated carbocycles. The average Bonchev–Trinajstić information content (AvgIpc) is 2.84. The summed E-state index contributed by atoms with van der Waals surface area (Å²) in [4.78, 5) is 15.7. The number of nitrogens with one attached hydrogen (secondary N) is 1. The highest BCUT2D eigenvalue weighted by Gasteiger charge is 2.09. The van der Waals surface area contributed by atoms with E-state index in [1.165, 1.54) is 7.11 Å². The number of rotatable bonds is 5. The molecule has 100 valence electrons. The first-order chi connectivity index (χ1) is 9.20. The van der Waals surface area contributed by atoms with Gasteiger partial charge in [-0.1, -0.05) is 6.07 Å². The lowest BCUT2D eigenvalue weighted by molar-refractivity contribution is -0.124. The van der Waals surface area contributed by atoms with E-state index >= 15 is 0 Å². The number of aryl methyl sites for hydroxylation is 1. The summed E-state index contributed by atoms with van der Waals surface area (Å²) in [5, 5.41) is 6.91. The van der Waals surface area contributed by atoms with Gasteiger partial charge < -0.3 is 10.1 Å². The second-order valence-corrected chi connectivity index (χ2v) is 4.12. The molecule has 1 N–H and O–H groups in total. The largest absolute Gasteiger partial charge is 0.375 e. The van der Waals surface area contributed by atoms with Crippen molar-refractivity contribution in [1.29, 1.82) is 0 Å². The molecule has 19 heavy (non-hydrogen) atoms. The van der Waals surface area contributed by atoms with Crippen LogP contribution in [0.1, 0.15) is 5.56 Å². The third kappa shape index (κ3) is 3.38. The Bertz CT molecular complexity index is 565. The summed E-state index contributed by atoms with van der Waals surface area (Å²) in [6, 6.07) is 3.78. The van der Waals surface area contributed by atoms with Gasteiger partial charge in [-0.05, 0) is 11.6 Å². The van der Waals surface area contributed by atoms with Crippen molar-refractivity contribution in [3.63, 3.8) is 0 Å². The predicted molar refractivity (Wildman–Crippen MR) is 70.2 cm³/mol. The average molecular weight is 260 g/mol. The first kappa shape index (κ1) is 13.2. The molecule has 2 aromatic heterocycles. The van der Waals surface area contributed by atoms with Crippen molar-refractivity contribution in [2.45, 2.75) is 6.54 Å². The summed E-state index contributed by atoms with van der Waals surface area (Å²) in [5.41, 5.74) is 2.70. The SMILES string of the molecule is COCC(=O)NCc1cccnc1-c1cnn(C)c1. The van der Waals surface area contributed by atoms with Crippen LogP contribution in [0.5, 0.6) is 0 Å². The molecule has 0 atom stereocenters. The fraction of sp³-hybridized carbons (Fsp3) is 0.308. The molecule has 1 amide bonds. The lowest BCUT2D eigenvalue weighted by Crippen LogP contribution is -2.26. The fourth-order valence-electron chi connectivity index (χ4n) is 1.76.